The number of aromatic nitrogens is 1. The Morgan fingerprint density at radius 1 is 1.09 bits per heavy atom. The van der Waals surface area contributed by atoms with Crippen LogP contribution in [0.15, 0.2) is 66.7 Å². The number of para-hydroxylation sites is 1. The third-order valence-corrected chi connectivity index (χ3v) is 6.05. The zero-order chi connectivity index (χ0) is 22.2. The van der Waals surface area contributed by atoms with Gasteiger partial charge < -0.3 is 10.6 Å². The first kappa shape index (κ1) is 21.7. The number of benzene rings is 2. The summed E-state index contributed by atoms with van der Waals surface area (Å²) in [7, 11) is 0. The maximum absolute atomic E-state index is 13.0. The van der Waals surface area contributed by atoms with Crippen molar-refractivity contribution in [1.82, 2.24) is 10.3 Å². The predicted octanol–water partition coefficient (Wildman–Crippen LogP) is 5.15. The van der Waals surface area contributed by atoms with Crippen molar-refractivity contribution in [2.75, 3.05) is 18.4 Å². The maximum atomic E-state index is 13.0. The Labute approximate surface area is 189 Å². The molecule has 0 aliphatic heterocycles. The van der Waals surface area contributed by atoms with Crippen LogP contribution in [0.1, 0.15) is 36.9 Å². The molecule has 0 saturated heterocycles. The Bertz CT molecular complexity index is 1130. The molecule has 0 unspecified atom stereocenters. The van der Waals surface area contributed by atoms with Gasteiger partial charge in [-0.25, -0.2) is 4.98 Å². The molecule has 1 aliphatic carbocycles. The van der Waals surface area contributed by atoms with Crippen molar-refractivity contribution >= 4 is 28.6 Å². The minimum atomic E-state index is 0.00446. The highest BCUT2D eigenvalue weighted by atomic mass is 16.1. The number of anilines is 1. The van der Waals surface area contributed by atoms with Gasteiger partial charge in [-0.1, -0.05) is 61.0 Å². The number of fused-ring (bicyclic) bond motifs is 1. The molecule has 0 bridgehead atoms. The lowest BCUT2D eigenvalue weighted by Crippen LogP contribution is -2.32. The summed E-state index contributed by atoms with van der Waals surface area (Å²) in [6.07, 6.45) is 8.30. The Kier molecular flexibility index (Phi) is 7.27. The number of amides is 1. The van der Waals surface area contributed by atoms with E-state index in [1.807, 2.05) is 42.5 Å². The molecular formula is C27H28N4O. The van der Waals surface area contributed by atoms with Crippen LogP contribution in [-0.4, -0.2) is 24.0 Å². The third-order valence-electron chi connectivity index (χ3n) is 6.05. The van der Waals surface area contributed by atoms with Crippen LogP contribution in [0.25, 0.3) is 17.0 Å². The van der Waals surface area contributed by atoms with Crippen LogP contribution >= 0.6 is 0 Å². The fraction of sp³-hybridized carbons (Fsp3) is 0.296. The number of carbonyl (C=O) groups excluding carboxylic acids is 1. The number of nitrogens with zero attached hydrogens (tertiary/aromatic N) is 2. The zero-order valence-electron chi connectivity index (χ0n) is 18.1. The summed E-state index contributed by atoms with van der Waals surface area (Å²) in [4.78, 5) is 17.4. The number of hydrogen-bond donors (Lipinski definition) is 2. The van der Waals surface area contributed by atoms with Crippen molar-refractivity contribution in [3.8, 4) is 6.07 Å². The van der Waals surface area contributed by atoms with Crippen LogP contribution < -0.4 is 10.6 Å². The van der Waals surface area contributed by atoms with Gasteiger partial charge in [-0.2, -0.15) is 5.26 Å². The summed E-state index contributed by atoms with van der Waals surface area (Å²) in [5.74, 6) is 0.556. The van der Waals surface area contributed by atoms with E-state index in [4.69, 9.17) is 5.26 Å². The Morgan fingerprint density at radius 2 is 1.97 bits per heavy atom. The molecule has 1 saturated carbocycles. The second-order valence-electron chi connectivity index (χ2n) is 8.38. The first-order valence-corrected chi connectivity index (χ1v) is 11.3. The standard InChI is InChI=1S/C27H28N4O/c28-18-24-15-14-22-11-5-13-25(26(22)30-24)31-27(32)23-12-4-9-21(17-23)19-29-16-6-10-20-7-2-1-3-8-20/h1-3,5-8,10-11,13-15,21,23,29H,4,9,12,16-17,19H2,(H,31,32)/b10-6+/t21-,23+/m1/s1. The summed E-state index contributed by atoms with van der Waals surface area (Å²) >= 11 is 0. The van der Waals surface area contributed by atoms with E-state index >= 15 is 0 Å². The minimum absolute atomic E-state index is 0.00446. The predicted molar refractivity (Wildman–Crippen MR) is 129 cm³/mol. The smallest absolute Gasteiger partial charge is 0.227 e. The molecule has 1 aromatic heterocycles. The van der Waals surface area contributed by atoms with Gasteiger partial charge in [0.05, 0.1) is 11.2 Å². The van der Waals surface area contributed by atoms with Crippen molar-refractivity contribution in [3.63, 3.8) is 0 Å². The van der Waals surface area contributed by atoms with Gasteiger partial charge in [0.1, 0.15) is 11.8 Å². The fourth-order valence-electron chi connectivity index (χ4n) is 4.39. The van der Waals surface area contributed by atoms with Gasteiger partial charge in [0.25, 0.3) is 0 Å². The van der Waals surface area contributed by atoms with E-state index in [0.717, 1.165) is 44.2 Å². The lowest BCUT2D eigenvalue weighted by molar-refractivity contribution is -0.121. The van der Waals surface area contributed by atoms with E-state index in [1.54, 1.807) is 6.07 Å². The van der Waals surface area contributed by atoms with Crippen LogP contribution in [0.5, 0.6) is 0 Å². The van der Waals surface area contributed by atoms with Crippen molar-refractivity contribution in [2.24, 2.45) is 11.8 Å². The van der Waals surface area contributed by atoms with E-state index in [2.05, 4.69) is 46.0 Å². The number of pyridine rings is 1. The first-order valence-electron chi connectivity index (χ1n) is 11.3. The van der Waals surface area contributed by atoms with E-state index in [9.17, 15) is 4.79 Å². The summed E-state index contributed by atoms with van der Waals surface area (Å²) in [6.45, 7) is 1.75. The third kappa shape index (κ3) is 5.60. The first-order chi connectivity index (χ1) is 15.7. The second-order valence-corrected chi connectivity index (χ2v) is 8.38. The van der Waals surface area contributed by atoms with E-state index in [0.29, 0.717) is 22.8 Å². The van der Waals surface area contributed by atoms with E-state index in [-0.39, 0.29) is 11.8 Å². The number of nitrogens with one attached hydrogen (secondary N) is 2. The highest BCUT2D eigenvalue weighted by Crippen LogP contribution is 2.30. The summed E-state index contributed by atoms with van der Waals surface area (Å²) in [5.41, 5.74) is 2.90. The summed E-state index contributed by atoms with van der Waals surface area (Å²) in [6, 6.07) is 21.6. The average molecular weight is 425 g/mol. The zero-order valence-corrected chi connectivity index (χ0v) is 18.1. The van der Waals surface area contributed by atoms with Crippen LogP contribution in [0.2, 0.25) is 0 Å². The second kappa shape index (κ2) is 10.7. The van der Waals surface area contributed by atoms with Gasteiger partial charge in [-0.3, -0.25) is 4.79 Å². The Morgan fingerprint density at radius 3 is 2.81 bits per heavy atom. The quantitative estimate of drug-likeness (QED) is 0.514. The Balaban J connectivity index is 1.30. The van der Waals surface area contributed by atoms with Crippen molar-refractivity contribution < 1.29 is 4.79 Å². The molecule has 2 aromatic carbocycles. The molecule has 4 rings (SSSR count). The number of rotatable bonds is 7. The molecule has 162 valence electrons. The van der Waals surface area contributed by atoms with Crippen LogP contribution in [0.3, 0.4) is 0 Å². The van der Waals surface area contributed by atoms with E-state index in [1.165, 1.54) is 5.56 Å². The van der Waals surface area contributed by atoms with Crippen LogP contribution in [0, 0.1) is 23.2 Å². The molecule has 0 radical (unpaired) electrons. The van der Waals surface area contributed by atoms with E-state index < -0.39 is 0 Å². The van der Waals surface area contributed by atoms with Gasteiger partial charge in [0, 0.05) is 17.8 Å². The monoisotopic (exact) mass is 424 g/mol. The molecule has 1 amide bonds. The summed E-state index contributed by atoms with van der Waals surface area (Å²) in [5, 5.41) is 16.7. The number of hydrogen-bond acceptors (Lipinski definition) is 4. The van der Waals surface area contributed by atoms with Crippen molar-refractivity contribution in [3.05, 3.63) is 78.0 Å². The lowest BCUT2D eigenvalue weighted by atomic mass is 9.81. The highest BCUT2D eigenvalue weighted by molar-refractivity contribution is 6.01. The number of nitriles is 1. The fourth-order valence-corrected chi connectivity index (χ4v) is 4.39. The van der Waals surface area contributed by atoms with Crippen molar-refractivity contribution in [1.29, 1.82) is 5.26 Å². The van der Waals surface area contributed by atoms with Crippen LogP contribution in [0.4, 0.5) is 5.69 Å². The maximum Gasteiger partial charge on any atom is 0.227 e. The SMILES string of the molecule is N#Cc1ccc2cccc(NC(=O)[C@H]3CCC[C@@H](CNC/C=C/c4ccccc4)C3)c2n1. The normalized spacial score (nSPS) is 18.5. The Hall–Kier alpha value is -3.49. The van der Waals surface area contributed by atoms with Crippen LogP contribution in [-0.2, 0) is 4.79 Å². The molecule has 0 spiro atoms. The van der Waals surface area contributed by atoms with Gasteiger partial charge >= 0.3 is 0 Å². The van der Waals surface area contributed by atoms with Gasteiger partial charge in [-0.15, -0.1) is 0 Å². The molecule has 1 heterocycles. The molecule has 1 fully saturated rings. The topological polar surface area (TPSA) is 77.8 Å². The highest BCUT2D eigenvalue weighted by Gasteiger charge is 2.27. The molecule has 2 atom stereocenters. The molecule has 3 aromatic rings. The van der Waals surface area contributed by atoms with Gasteiger partial charge in [0.2, 0.25) is 5.91 Å². The summed E-state index contributed by atoms with van der Waals surface area (Å²) < 4.78 is 0. The molecule has 1 aliphatic rings. The molecule has 32 heavy (non-hydrogen) atoms. The number of carbonyl (C=O) groups is 1. The average Bonchev–Trinajstić information content (AvgIpc) is 2.84. The minimum Gasteiger partial charge on any atom is -0.324 e. The molecule has 5 nitrogen and oxygen atoms in total. The van der Waals surface area contributed by atoms with Crippen molar-refractivity contribution in [2.45, 2.75) is 25.7 Å². The molecular weight excluding hydrogens is 396 g/mol. The molecule has 2 N–H and O–H groups in total. The lowest BCUT2D eigenvalue weighted by Gasteiger charge is -2.28. The van der Waals surface area contributed by atoms with Gasteiger partial charge in [0.15, 0.2) is 0 Å². The van der Waals surface area contributed by atoms with Gasteiger partial charge in [-0.05, 0) is 55.5 Å². The largest absolute Gasteiger partial charge is 0.324 e. The molecule has 5 heteroatoms.